The molecule has 1 aromatic rings. The Hall–Kier alpha value is -3.54. The minimum atomic E-state index is -1.64. The van der Waals surface area contributed by atoms with Gasteiger partial charge in [-0.05, 0) is 50.8 Å². The second kappa shape index (κ2) is 20.4. The van der Waals surface area contributed by atoms with Crippen molar-refractivity contribution in [3.63, 3.8) is 0 Å². The van der Waals surface area contributed by atoms with Crippen LogP contribution in [0.4, 0.5) is 14.4 Å². The lowest BCUT2D eigenvalue weighted by Gasteiger charge is -2.29. The van der Waals surface area contributed by atoms with E-state index in [1.54, 1.807) is 19.9 Å². The minimum Gasteiger partial charge on any atom is -0.468 e. The molecule has 0 aliphatic carbocycles. The van der Waals surface area contributed by atoms with Crippen molar-refractivity contribution >= 4 is 24.4 Å². The molecule has 0 aromatic heterocycles. The van der Waals surface area contributed by atoms with Gasteiger partial charge in [0.15, 0.2) is 11.5 Å². The predicted molar refractivity (Wildman–Crippen MR) is 158 cm³/mol. The second-order valence-electron chi connectivity index (χ2n) is 10.5. The van der Waals surface area contributed by atoms with Gasteiger partial charge in [0, 0.05) is 12.8 Å². The highest BCUT2D eigenvalue weighted by Crippen LogP contribution is 2.32. The molecular weight excluding hydrogens is 562 g/mol. The van der Waals surface area contributed by atoms with Gasteiger partial charge in [-0.1, -0.05) is 58.9 Å². The topological polar surface area (TPSA) is 159 Å². The van der Waals surface area contributed by atoms with E-state index in [0.29, 0.717) is 24.8 Å². The lowest BCUT2D eigenvalue weighted by atomic mass is 9.86. The number of carbonyl (C=O) groups excluding carboxylic acids is 4. The molecule has 0 heterocycles. The third-order valence-corrected chi connectivity index (χ3v) is 6.38. The smallest absolute Gasteiger partial charge is 0.468 e. The number of unbranched alkanes of at least 4 members (excludes halogenated alkanes) is 4. The molecule has 3 atom stereocenters. The summed E-state index contributed by atoms with van der Waals surface area (Å²) in [7, 11) is 1.20. The summed E-state index contributed by atoms with van der Waals surface area (Å²) in [5.74, 6) is -0.964. The Labute approximate surface area is 254 Å². The molecule has 0 spiro atoms. The second-order valence-corrected chi connectivity index (χ2v) is 10.5. The van der Waals surface area contributed by atoms with E-state index in [9.17, 15) is 19.2 Å². The predicted octanol–water partition coefficient (Wildman–Crippen LogP) is 6.63. The number of benzene rings is 1. The Morgan fingerprint density at radius 2 is 1.33 bits per heavy atom. The summed E-state index contributed by atoms with van der Waals surface area (Å²) in [5.41, 5.74) is 5.31. The highest BCUT2D eigenvalue weighted by atomic mass is 16.7. The average Bonchev–Trinajstić information content (AvgIpc) is 2.94. The van der Waals surface area contributed by atoms with Crippen molar-refractivity contribution in [1.29, 1.82) is 0 Å². The van der Waals surface area contributed by atoms with E-state index in [1.807, 2.05) is 20.8 Å². The first kappa shape index (κ1) is 37.5. The lowest BCUT2D eigenvalue weighted by molar-refractivity contribution is -0.148. The van der Waals surface area contributed by atoms with E-state index < -0.39 is 36.1 Å². The molecule has 0 amide bonds. The molecule has 1 rings (SSSR count). The molecule has 0 bridgehead atoms. The van der Waals surface area contributed by atoms with Crippen molar-refractivity contribution in [2.24, 2.45) is 5.73 Å². The third-order valence-electron chi connectivity index (χ3n) is 6.38. The van der Waals surface area contributed by atoms with Crippen molar-refractivity contribution in [2.75, 3.05) is 20.3 Å². The van der Waals surface area contributed by atoms with Crippen LogP contribution in [0.5, 0.6) is 11.5 Å². The standard InChI is InChI=1S/C31H49NO11/c1-7-10-12-17-38-28(34)42-25-16-15-24(19-26(25)43-29(35)39-18-13-11-8-2)21-31(32,27(33)37-6)20-23(5)41-30(36)40-22(4)14-9-3/h15-16,19,22-23H,7-14,17-18,20-21,32H2,1-6H3/t22-,23-,31?/m0/s1. The van der Waals surface area contributed by atoms with Crippen LogP contribution in [0, 0.1) is 0 Å². The zero-order valence-electron chi connectivity index (χ0n) is 26.4. The van der Waals surface area contributed by atoms with Crippen LogP contribution in [0.15, 0.2) is 18.2 Å². The Morgan fingerprint density at radius 3 is 1.86 bits per heavy atom. The highest BCUT2D eigenvalue weighted by Gasteiger charge is 2.38. The number of nitrogens with two attached hydrogens (primary N) is 1. The van der Waals surface area contributed by atoms with Gasteiger partial charge >= 0.3 is 24.4 Å². The number of ether oxygens (including phenoxy) is 7. The van der Waals surface area contributed by atoms with Crippen LogP contribution in [0.3, 0.4) is 0 Å². The number of methoxy groups -OCH3 is 1. The molecule has 0 radical (unpaired) electrons. The van der Waals surface area contributed by atoms with Crippen LogP contribution in [0.1, 0.15) is 98.0 Å². The van der Waals surface area contributed by atoms with Gasteiger partial charge in [-0.25, -0.2) is 14.4 Å². The zero-order chi connectivity index (χ0) is 32.3. The van der Waals surface area contributed by atoms with Crippen LogP contribution in [-0.2, 0) is 34.9 Å². The monoisotopic (exact) mass is 611 g/mol. The number of esters is 1. The van der Waals surface area contributed by atoms with E-state index in [1.165, 1.54) is 19.2 Å². The zero-order valence-corrected chi connectivity index (χ0v) is 26.4. The van der Waals surface area contributed by atoms with Gasteiger partial charge in [0.25, 0.3) is 0 Å². The molecule has 12 nitrogen and oxygen atoms in total. The van der Waals surface area contributed by atoms with Crippen LogP contribution < -0.4 is 15.2 Å². The Bertz CT molecular complexity index is 1020. The molecule has 0 fully saturated rings. The molecule has 0 aliphatic rings. The molecule has 1 aromatic carbocycles. The van der Waals surface area contributed by atoms with E-state index in [4.69, 9.17) is 38.9 Å². The Balaban J connectivity index is 3.13. The summed E-state index contributed by atoms with van der Waals surface area (Å²) in [4.78, 5) is 49.7. The number of carbonyl (C=O) groups is 4. The van der Waals surface area contributed by atoms with Crippen molar-refractivity contribution in [3.8, 4) is 11.5 Å². The number of hydrogen-bond donors (Lipinski definition) is 1. The molecular formula is C31H49NO11. The molecule has 0 saturated carbocycles. The lowest BCUT2D eigenvalue weighted by Crippen LogP contribution is -2.53. The first-order valence-electron chi connectivity index (χ1n) is 15.0. The normalized spacial score (nSPS) is 13.6. The van der Waals surface area contributed by atoms with Gasteiger partial charge in [0.1, 0.15) is 17.7 Å². The van der Waals surface area contributed by atoms with E-state index in [-0.39, 0.29) is 43.7 Å². The SMILES string of the molecule is CCCCCOC(=O)Oc1ccc(CC(N)(C[C@H](C)OC(=O)O[C@@H](C)CCC)C(=O)OC)cc1OC(=O)OCCCCC. The first-order chi connectivity index (χ1) is 20.5. The maximum atomic E-state index is 12.8. The fourth-order valence-corrected chi connectivity index (χ4v) is 4.25. The van der Waals surface area contributed by atoms with Crippen LogP contribution in [-0.4, -0.2) is 62.5 Å². The van der Waals surface area contributed by atoms with Crippen LogP contribution in [0.25, 0.3) is 0 Å². The fourth-order valence-electron chi connectivity index (χ4n) is 4.25. The molecule has 244 valence electrons. The maximum absolute atomic E-state index is 12.8. The molecule has 12 heteroatoms. The van der Waals surface area contributed by atoms with Crippen molar-refractivity contribution in [3.05, 3.63) is 23.8 Å². The van der Waals surface area contributed by atoms with Crippen molar-refractivity contribution in [2.45, 2.75) is 117 Å². The first-order valence-corrected chi connectivity index (χ1v) is 15.0. The summed E-state index contributed by atoms with van der Waals surface area (Å²) in [6.45, 7) is 9.71. The molecule has 43 heavy (non-hydrogen) atoms. The molecule has 0 saturated heterocycles. The van der Waals surface area contributed by atoms with E-state index >= 15 is 0 Å². The van der Waals surface area contributed by atoms with Crippen LogP contribution >= 0.6 is 0 Å². The van der Waals surface area contributed by atoms with Crippen LogP contribution in [0.2, 0.25) is 0 Å². The number of rotatable bonds is 19. The highest BCUT2D eigenvalue weighted by molar-refractivity contribution is 5.81. The van der Waals surface area contributed by atoms with Crippen molar-refractivity contribution < 1.29 is 52.3 Å². The number of hydrogen-bond acceptors (Lipinski definition) is 12. The molecule has 1 unspecified atom stereocenters. The summed E-state index contributed by atoms with van der Waals surface area (Å²) in [6, 6.07) is 4.35. The van der Waals surface area contributed by atoms with Gasteiger partial charge in [-0.3, -0.25) is 4.79 Å². The van der Waals surface area contributed by atoms with Crippen molar-refractivity contribution in [1.82, 2.24) is 0 Å². The molecule has 2 N–H and O–H groups in total. The summed E-state index contributed by atoms with van der Waals surface area (Å²) in [6.07, 6.45) is 2.41. The van der Waals surface area contributed by atoms with Gasteiger partial charge < -0.3 is 38.9 Å². The van der Waals surface area contributed by atoms with Gasteiger partial charge in [-0.2, -0.15) is 0 Å². The Kier molecular flexibility index (Phi) is 17.8. The summed E-state index contributed by atoms with van der Waals surface area (Å²) < 4.78 is 36.4. The van der Waals surface area contributed by atoms with Gasteiger partial charge in [0.2, 0.25) is 0 Å². The van der Waals surface area contributed by atoms with E-state index in [0.717, 1.165) is 32.1 Å². The Morgan fingerprint density at radius 1 is 0.767 bits per heavy atom. The molecule has 0 aliphatic heterocycles. The third kappa shape index (κ3) is 15.0. The largest absolute Gasteiger partial charge is 0.513 e. The van der Waals surface area contributed by atoms with E-state index in [2.05, 4.69) is 0 Å². The maximum Gasteiger partial charge on any atom is 0.513 e. The minimum absolute atomic E-state index is 0.0870. The van der Waals surface area contributed by atoms with Gasteiger partial charge in [0.05, 0.1) is 20.3 Å². The summed E-state index contributed by atoms with van der Waals surface area (Å²) in [5, 5.41) is 0. The summed E-state index contributed by atoms with van der Waals surface area (Å²) >= 11 is 0. The van der Waals surface area contributed by atoms with Gasteiger partial charge in [-0.15, -0.1) is 0 Å². The fraction of sp³-hybridized carbons (Fsp3) is 0.677. The average molecular weight is 612 g/mol. The quantitative estimate of drug-likeness (QED) is 0.0771.